The van der Waals surface area contributed by atoms with Gasteiger partial charge in [-0.2, -0.15) is 5.10 Å². The maximum atomic E-state index is 5.41. The van der Waals surface area contributed by atoms with Crippen molar-refractivity contribution in [2.75, 3.05) is 26.8 Å². The van der Waals surface area contributed by atoms with Crippen molar-refractivity contribution in [1.29, 1.82) is 0 Å². The summed E-state index contributed by atoms with van der Waals surface area (Å²) in [4.78, 5) is 9.46. The molecule has 0 fully saturated rings. The number of aromatic nitrogens is 3. The summed E-state index contributed by atoms with van der Waals surface area (Å²) in [5, 5.41) is 7.53. The number of nitrogens with zero attached hydrogens (tertiary/aromatic N) is 4. The molecule has 0 saturated carbocycles. The van der Waals surface area contributed by atoms with E-state index in [2.05, 4.69) is 38.4 Å². The van der Waals surface area contributed by atoms with Crippen LogP contribution in [0.2, 0.25) is 0 Å². The number of hydrazone groups is 1. The van der Waals surface area contributed by atoms with E-state index in [-0.39, 0.29) is 0 Å². The summed E-state index contributed by atoms with van der Waals surface area (Å²) >= 11 is 1.63. The second kappa shape index (κ2) is 9.03. The number of hydrogen-bond donors (Lipinski definition) is 1. The fourth-order valence-corrected chi connectivity index (χ4v) is 4.80. The average molecular weight is 474 g/mol. The van der Waals surface area contributed by atoms with Gasteiger partial charge < -0.3 is 18.8 Å². The first-order chi connectivity index (χ1) is 16.6. The third-order valence-electron chi connectivity index (χ3n) is 5.52. The molecule has 5 rings (SSSR count). The van der Waals surface area contributed by atoms with Crippen LogP contribution in [0, 0.1) is 0 Å². The zero-order chi connectivity index (χ0) is 23.7. The van der Waals surface area contributed by atoms with Crippen molar-refractivity contribution >= 4 is 44.6 Å². The number of methoxy groups -OCH3 is 3. The SMILES string of the molecule is COc1cc(/C=N/Nc2nc(-c3cn(C)c4ccccc34)c3sccc3n2)cc(OC)c1OC. The van der Waals surface area contributed by atoms with Gasteiger partial charge in [-0.1, -0.05) is 18.2 Å². The van der Waals surface area contributed by atoms with E-state index < -0.39 is 0 Å². The lowest BCUT2D eigenvalue weighted by molar-refractivity contribution is 0.324. The zero-order valence-electron chi connectivity index (χ0n) is 19.2. The van der Waals surface area contributed by atoms with Gasteiger partial charge in [0.2, 0.25) is 11.7 Å². The third-order valence-corrected chi connectivity index (χ3v) is 6.43. The Morgan fingerprint density at radius 1 is 1.00 bits per heavy atom. The number of para-hydroxylation sites is 1. The summed E-state index contributed by atoms with van der Waals surface area (Å²) < 4.78 is 19.4. The van der Waals surface area contributed by atoms with Gasteiger partial charge in [0.1, 0.15) is 0 Å². The number of thiophene rings is 1. The summed E-state index contributed by atoms with van der Waals surface area (Å²) in [6.45, 7) is 0. The second-order valence-electron chi connectivity index (χ2n) is 7.53. The molecule has 0 aliphatic heterocycles. The van der Waals surface area contributed by atoms with Crippen LogP contribution in [-0.4, -0.2) is 42.1 Å². The quantitative estimate of drug-likeness (QED) is 0.254. The number of nitrogens with one attached hydrogen (secondary N) is 1. The molecule has 8 nitrogen and oxygen atoms in total. The van der Waals surface area contributed by atoms with Crippen molar-refractivity contribution in [3.05, 3.63) is 59.6 Å². The van der Waals surface area contributed by atoms with Gasteiger partial charge in [0.15, 0.2) is 11.5 Å². The van der Waals surface area contributed by atoms with E-state index >= 15 is 0 Å². The van der Waals surface area contributed by atoms with Crippen LogP contribution >= 0.6 is 11.3 Å². The van der Waals surface area contributed by atoms with Crippen LogP contribution in [0.25, 0.3) is 32.4 Å². The van der Waals surface area contributed by atoms with Crippen LogP contribution in [0.15, 0.2) is 59.1 Å². The Balaban J connectivity index is 1.51. The Bertz CT molecular complexity index is 1500. The number of anilines is 1. The minimum atomic E-state index is 0.414. The molecule has 9 heteroatoms. The molecule has 0 saturated heterocycles. The van der Waals surface area contributed by atoms with Crippen LogP contribution in [-0.2, 0) is 7.05 Å². The first kappa shape index (κ1) is 21.7. The summed E-state index contributed by atoms with van der Waals surface area (Å²) in [5.41, 5.74) is 7.70. The normalized spacial score (nSPS) is 11.4. The monoisotopic (exact) mass is 473 g/mol. The molecule has 172 valence electrons. The van der Waals surface area contributed by atoms with Crippen molar-refractivity contribution in [2.24, 2.45) is 12.1 Å². The maximum Gasteiger partial charge on any atom is 0.244 e. The molecule has 34 heavy (non-hydrogen) atoms. The molecule has 0 bridgehead atoms. The molecule has 5 aromatic rings. The highest BCUT2D eigenvalue weighted by molar-refractivity contribution is 7.17. The molecule has 0 aliphatic carbocycles. The first-order valence-electron chi connectivity index (χ1n) is 10.5. The van der Waals surface area contributed by atoms with Gasteiger partial charge in [0, 0.05) is 35.3 Å². The predicted molar refractivity (Wildman–Crippen MR) is 137 cm³/mol. The Morgan fingerprint density at radius 2 is 1.76 bits per heavy atom. The Morgan fingerprint density at radius 3 is 2.50 bits per heavy atom. The van der Waals surface area contributed by atoms with Crippen molar-refractivity contribution in [2.45, 2.75) is 0 Å². The number of benzene rings is 2. The van der Waals surface area contributed by atoms with Crippen LogP contribution in [0.4, 0.5) is 5.95 Å². The van der Waals surface area contributed by atoms with E-state index in [1.54, 1.807) is 38.9 Å². The van der Waals surface area contributed by atoms with E-state index in [4.69, 9.17) is 19.2 Å². The molecule has 3 heterocycles. The average Bonchev–Trinajstić information content (AvgIpc) is 3.47. The number of hydrogen-bond acceptors (Lipinski definition) is 8. The molecular formula is C25H23N5O3S. The molecule has 0 atom stereocenters. The van der Waals surface area contributed by atoms with Gasteiger partial charge in [-0.05, 0) is 29.6 Å². The number of fused-ring (bicyclic) bond motifs is 2. The van der Waals surface area contributed by atoms with Gasteiger partial charge in [-0.15, -0.1) is 11.3 Å². The minimum Gasteiger partial charge on any atom is -0.493 e. The highest BCUT2D eigenvalue weighted by Crippen LogP contribution is 2.38. The summed E-state index contributed by atoms with van der Waals surface area (Å²) in [7, 11) is 6.77. The van der Waals surface area contributed by atoms with Gasteiger partial charge in [-0.3, -0.25) is 0 Å². The minimum absolute atomic E-state index is 0.414. The fourth-order valence-electron chi connectivity index (χ4n) is 3.97. The van der Waals surface area contributed by atoms with Crippen LogP contribution in [0.3, 0.4) is 0 Å². The third kappa shape index (κ3) is 3.80. The second-order valence-corrected chi connectivity index (χ2v) is 8.45. The lowest BCUT2D eigenvalue weighted by Gasteiger charge is -2.12. The largest absolute Gasteiger partial charge is 0.493 e. The number of rotatable bonds is 7. The van der Waals surface area contributed by atoms with E-state index in [1.807, 2.05) is 42.8 Å². The smallest absolute Gasteiger partial charge is 0.244 e. The predicted octanol–water partition coefficient (Wildman–Crippen LogP) is 5.32. The fraction of sp³-hybridized carbons (Fsp3) is 0.160. The molecule has 0 unspecified atom stereocenters. The van der Waals surface area contributed by atoms with Crippen LogP contribution in [0.1, 0.15) is 5.56 Å². The first-order valence-corrected chi connectivity index (χ1v) is 11.4. The van der Waals surface area contributed by atoms with Gasteiger partial charge in [-0.25, -0.2) is 15.4 Å². The van der Waals surface area contributed by atoms with Crippen molar-refractivity contribution in [3.8, 4) is 28.5 Å². The van der Waals surface area contributed by atoms with Gasteiger partial charge >= 0.3 is 0 Å². The topological polar surface area (TPSA) is 82.8 Å². The summed E-state index contributed by atoms with van der Waals surface area (Å²) in [6.07, 6.45) is 3.76. The number of ether oxygens (including phenoxy) is 3. The highest BCUT2D eigenvalue weighted by atomic mass is 32.1. The van der Waals surface area contributed by atoms with Gasteiger partial charge in [0.05, 0.1) is 43.5 Å². The van der Waals surface area contributed by atoms with Gasteiger partial charge in [0.25, 0.3) is 0 Å². The lowest BCUT2D eigenvalue weighted by atomic mass is 10.1. The van der Waals surface area contributed by atoms with Crippen molar-refractivity contribution in [3.63, 3.8) is 0 Å². The van der Waals surface area contributed by atoms with E-state index in [0.717, 1.165) is 37.9 Å². The number of aryl methyl sites for hydroxylation is 1. The molecule has 0 aliphatic rings. The molecule has 3 aromatic heterocycles. The zero-order valence-corrected chi connectivity index (χ0v) is 20.0. The molecule has 0 spiro atoms. The molecule has 1 N–H and O–H groups in total. The highest BCUT2D eigenvalue weighted by Gasteiger charge is 2.16. The van der Waals surface area contributed by atoms with Crippen LogP contribution in [0.5, 0.6) is 17.2 Å². The van der Waals surface area contributed by atoms with E-state index in [0.29, 0.717) is 23.2 Å². The lowest BCUT2D eigenvalue weighted by Crippen LogP contribution is -2.00. The maximum absolute atomic E-state index is 5.41. The molecule has 2 aromatic carbocycles. The Hall–Kier alpha value is -4.11. The Kier molecular flexibility index (Phi) is 5.77. The molecule has 0 amide bonds. The molecule has 0 radical (unpaired) electrons. The summed E-state index contributed by atoms with van der Waals surface area (Å²) in [5.74, 6) is 2.05. The van der Waals surface area contributed by atoms with Crippen LogP contribution < -0.4 is 19.6 Å². The standard InChI is InChI=1S/C25H23N5O3S/c1-30-14-17(16-7-5-6-8-19(16)30)22-24-18(9-10-34-24)27-25(28-22)29-26-13-15-11-20(31-2)23(33-4)21(12-15)32-3/h5-14H,1-4H3,(H,27,28,29)/b26-13+. The summed E-state index contributed by atoms with van der Waals surface area (Å²) in [6, 6.07) is 13.9. The van der Waals surface area contributed by atoms with Crippen molar-refractivity contribution in [1.82, 2.24) is 14.5 Å². The molecular weight excluding hydrogens is 450 g/mol. The van der Waals surface area contributed by atoms with E-state index in [1.165, 1.54) is 0 Å². The van der Waals surface area contributed by atoms with Crippen molar-refractivity contribution < 1.29 is 14.2 Å². The Labute approximate surface area is 200 Å². The van der Waals surface area contributed by atoms with E-state index in [9.17, 15) is 0 Å².